The van der Waals surface area contributed by atoms with Crippen LogP contribution in [0.1, 0.15) is 52.9 Å². The molecule has 0 aliphatic carbocycles. The summed E-state index contributed by atoms with van der Waals surface area (Å²) in [6.45, 7) is 5.01. The number of phenols is 1. The minimum atomic E-state index is -1.34. The lowest BCUT2D eigenvalue weighted by Crippen LogP contribution is -2.51. The van der Waals surface area contributed by atoms with Gasteiger partial charge in [-0.15, -0.1) is 4.99 Å². The zero-order valence-electron chi connectivity index (χ0n) is 23.2. The van der Waals surface area contributed by atoms with Gasteiger partial charge >= 0.3 is 5.97 Å². The fraction of sp³-hybridized carbons (Fsp3) is 0.448. The zero-order valence-corrected chi connectivity index (χ0v) is 24.7. The van der Waals surface area contributed by atoms with E-state index in [0.717, 1.165) is 17.5 Å². The largest absolute Gasteiger partial charge is 0.508 e. The van der Waals surface area contributed by atoms with Crippen LogP contribution in [0.5, 0.6) is 5.75 Å². The molecule has 1 saturated heterocycles. The number of aliphatic imine (C=N–C) groups is 1. The van der Waals surface area contributed by atoms with E-state index in [0.29, 0.717) is 57.0 Å². The molecule has 2 aliphatic heterocycles. The summed E-state index contributed by atoms with van der Waals surface area (Å²) in [6, 6.07) is 6.89. The number of guanidine groups is 1. The summed E-state index contributed by atoms with van der Waals surface area (Å²) in [7, 11) is 0. The summed E-state index contributed by atoms with van der Waals surface area (Å²) in [5.41, 5.74) is 2.28. The van der Waals surface area contributed by atoms with Crippen molar-refractivity contribution in [2.24, 2.45) is 10.9 Å². The number of carboxylic acids is 1. The Morgan fingerprint density at radius 2 is 2.05 bits per heavy atom. The number of hydrogen-bond donors (Lipinski definition) is 5. The Balaban J connectivity index is 1.40. The average molecular weight is 618 g/mol. The second kappa shape index (κ2) is 14.1. The number of aliphatic carboxylic acids is 1. The summed E-state index contributed by atoms with van der Waals surface area (Å²) in [6.07, 6.45) is 2.94. The molecule has 2 heterocycles. The molecule has 224 valence electrons. The highest BCUT2D eigenvalue weighted by Crippen LogP contribution is 2.35. The fourth-order valence-electron chi connectivity index (χ4n) is 5.33. The molecule has 0 bridgehead atoms. The minimum absolute atomic E-state index is 0.00961. The number of rotatable bonds is 9. The summed E-state index contributed by atoms with van der Waals surface area (Å²) in [4.78, 5) is 33.0. The first-order chi connectivity index (χ1) is 20.1. The van der Waals surface area contributed by atoms with Gasteiger partial charge < -0.3 is 30.9 Å². The van der Waals surface area contributed by atoms with Gasteiger partial charge in [0.05, 0.1) is 21.7 Å². The quantitative estimate of drug-likeness (QED) is 0.162. The number of carbonyl (C=O) groups excluding carboxylic acids is 1. The van der Waals surface area contributed by atoms with Crippen molar-refractivity contribution in [3.63, 3.8) is 0 Å². The van der Waals surface area contributed by atoms with Crippen LogP contribution in [0, 0.1) is 17.4 Å². The van der Waals surface area contributed by atoms with Crippen molar-refractivity contribution in [3.05, 3.63) is 62.6 Å². The molecule has 1 unspecified atom stereocenters. The van der Waals surface area contributed by atoms with Gasteiger partial charge in [0.25, 0.3) is 5.91 Å². The normalized spacial score (nSPS) is 18.6. The number of aliphatic hydroxyl groups is 1. The van der Waals surface area contributed by atoms with Crippen molar-refractivity contribution >= 4 is 41.0 Å². The van der Waals surface area contributed by atoms with Gasteiger partial charge in [-0.05, 0) is 60.1 Å². The topological polar surface area (TPSA) is 162 Å². The highest BCUT2D eigenvalue weighted by atomic mass is 35.5. The van der Waals surface area contributed by atoms with Gasteiger partial charge in [0.2, 0.25) is 12.2 Å². The van der Waals surface area contributed by atoms with Gasteiger partial charge in [-0.1, -0.05) is 42.3 Å². The minimum Gasteiger partial charge on any atom is -0.508 e. The van der Waals surface area contributed by atoms with E-state index >= 15 is 0 Å². The number of amides is 1. The van der Waals surface area contributed by atoms with Gasteiger partial charge in [0.1, 0.15) is 11.8 Å². The highest BCUT2D eigenvalue weighted by Gasteiger charge is 2.29. The molecule has 42 heavy (non-hydrogen) atoms. The molecule has 2 aromatic rings. The number of halogens is 2. The summed E-state index contributed by atoms with van der Waals surface area (Å²) < 4.78 is 0. The third kappa shape index (κ3) is 7.63. The summed E-state index contributed by atoms with van der Waals surface area (Å²) in [5.74, 6) is -1.20. The number of fused-ring (bicyclic) bond motifs is 1. The van der Waals surface area contributed by atoms with Crippen LogP contribution in [0.25, 0.3) is 0 Å². The monoisotopic (exact) mass is 616 g/mol. The van der Waals surface area contributed by atoms with Gasteiger partial charge in [-0.2, -0.15) is 5.26 Å². The lowest BCUT2D eigenvalue weighted by Gasteiger charge is -2.31. The van der Waals surface area contributed by atoms with Gasteiger partial charge in [-0.25, -0.2) is 4.79 Å². The summed E-state index contributed by atoms with van der Waals surface area (Å²) >= 11 is 13.2. The molecule has 0 radical (unpaired) electrons. The van der Waals surface area contributed by atoms with E-state index < -0.39 is 24.0 Å². The molecule has 4 rings (SSSR count). The van der Waals surface area contributed by atoms with Crippen LogP contribution in [-0.4, -0.2) is 81.7 Å². The molecule has 1 fully saturated rings. The molecule has 0 spiro atoms. The van der Waals surface area contributed by atoms with E-state index in [-0.39, 0.29) is 33.9 Å². The Morgan fingerprint density at radius 1 is 1.26 bits per heavy atom. The molecule has 0 saturated carbocycles. The van der Waals surface area contributed by atoms with Crippen molar-refractivity contribution in [2.75, 3.05) is 32.7 Å². The third-order valence-corrected chi connectivity index (χ3v) is 8.35. The average Bonchev–Trinajstić information content (AvgIpc) is 3.38. The first kappa shape index (κ1) is 31.4. The van der Waals surface area contributed by atoms with Crippen LogP contribution >= 0.6 is 23.2 Å². The van der Waals surface area contributed by atoms with Crippen molar-refractivity contribution in [3.8, 4) is 11.9 Å². The first-order valence-corrected chi connectivity index (χ1v) is 14.5. The second-order valence-corrected chi connectivity index (χ2v) is 11.5. The van der Waals surface area contributed by atoms with E-state index in [1.807, 2.05) is 4.90 Å². The Bertz CT molecular complexity index is 1400. The van der Waals surface area contributed by atoms with Gasteiger partial charge in [0.15, 0.2) is 0 Å². The van der Waals surface area contributed by atoms with Gasteiger partial charge in [-0.3, -0.25) is 9.69 Å². The Morgan fingerprint density at radius 3 is 2.71 bits per heavy atom. The zero-order chi connectivity index (χ0) is 30.4. The van der Waals surface area contributed by atoms with E-state index in [4.69, 9.17) is 28.5 Å². The molecular weight excluding hydrogens is 583 g/mol. The van der Waals surface area contributed by atoms with Crippen LogP contribution in [0.3, 0.4) is 0 Å². The number of carboxylic acid groups (broad SMARTS) is 1. The van der Waals surface area contributed by atoms with E-state index in [1.165, 1.54) is 0 Å². The smallest absolute Gasteiger partial charge is 0.328 e. The number of aromatic hydroxyl groups is 1. The van der Waals surface area contributed by atoms with Crippen molar-refractivity contribution in [1.29, 1.82) is 5.26 Å². The second-order valence-electron chi connectivity index (χ2n) is 10.7. The lowest BCUT2D eigenvalue weighted by atomic mass is 9.96. The van der Waals surface area contributed by atoms with Gasteiger partial charge in [0, 0.05) is 39.3 Å². The predicted molar refractivity (Wildman–Crippen MR) is 158 cm³/mol. The molecule has 3 atom stereocenters. The number of aliphatic hydroxyl groups excluding tert-OH is 1. The van der Waals surface area contributed by atoms with E-state index in [2.05, 4.69) is 27.4 Å². The van der Waals surface area contributed by atoms with Crippen LogP contribution < -0.4 is 10.6 Å². The number of benzene rings is 2. The maximum atomic E-state index is 13.2. The predicted octanol–water partition coefficient (Wildman–Crippen LogP) is 3.13. The van der Waals surface area contributed by atoms with Crippen molar-refractivity contribution < 1.29 is 24.9 Å². The summed E-state index contributed by atoms with van der Waals surface area (Å²) in [5, 5.41) is 44.7. The lowest BCUT2D eigenvalue weighted by molar-refractivity contribution is -0.139. The molecule has 0 aromatic heterocycles. The molecule has 1 amide bonds. The third-order valence-electron chi connectivity index (χ3n) is 7.63. The Kier molecular flexibility index (Phi) is 10.5. The SMILES string of the molecule is C[C@H]1CCN(/C(=N\C#N)NC[C@H](NC(=O)c2c(Cl)cc3c(c2Cl)CCN(CCC(O)c2cccc(O)c2)C3)C(=O)O)C1. The molecule has 2 aliphatic rings. The molecule has 13 heteroatoms. The number of hydrogen-bond acceptors (Lipinski definition) is 7. The number of phenolic OH excluding ortho intramolecular Hbond substituents is 1. The molecule has 2 aromatic carbocycles. The molecular formula is C29H34Cl2N6O5. The van der Waals surface area contributed by atoms with E-state index in [1.54, 1.807) is 36.5 Å². The standard InChI is InChI=1S/C29H34Cl2N6O5/c1-17-5-10-37(14-17)29(34-16-32)33-13-23(28(41)42)35-27(40)25-22(30)12-19-15-36(8-6-21(19)26(25)31)9-7-24(39)18-3-2-4-20(38)11-18/h2-4,11-12,17,23-24,38-39H,5-10,13-15H2,1H3,(H,33,34)(H,35,40)(H,41,42)/t17-,23-,24?/m0/s1. The van der Waals surface area contributed by atoms with Crippen LogP contribution in [0.4, 0.5) is 0 Å². The fourth-order valence-corrected chi connectivity index (χ4v) is 6.10. The number of likely N-dealkylation sites (tertiary alicyclic amines) is 1. The Labute approximate surface area is 254 Å². The number of nitrogens with one attached hydrogen (secondary N) is 2. The van der Waals surface area contributed by atoms with Crippen molar-refractivity contribution in [1.82, 2.24) is 20.4 Å². The first-order valence-electron chi connectivity index (χ1n) is 13.8. The number of nitriles is 1. The van der Waals surface area contributed by atoms with E-state index in [9.17, 15) is 24.9 Å². The highest BCUT2D eigenvalue weighted by molar-refractivity contribution is 6.40. The Hall–Kier alpha value is -3.56. The number of nitrogens with zero attached hydrogens (tertiary/aromatic N) is 4. The number of carbonyl (C=O) groups is 2. The van der Waals surface area contributed by atoms with Crippen LogP contribution in [0.15, 0.2) is 35.3 Å². The maximum Gasteiger partial charge on any atom is 0.328 e. The van der Waals surface area contributed by atoms with Crippen molar-refractivity contribution in [2.45, 2.75) is 44.9 Å². The molecule has 5 N–H and O–H groups in total. The van der Waals surface area contributed by atoms with Crippen LogP contribution in [-0.2, 0) is 17.8 Å². The molecule has 11 nitrogen and oxygen atoms in total. The van der Waals surface area contributed by atoms with Crippen LogP contribution in [0.2, 0.25) is 10.0 Å². The maximum absolute atomic E-state index is 13.2.